The molecule has 17 heavy (non-hydrogen) atoms. The third-order valence-corrected chi connectivity index (χ3v) is 2.71. The first kappa shape index (κ1) is 11.4. The topological polar surface area (TPSA) is 83.3 Å². The van der Waals surface area contributed by atoms with Crippen LogP contribution in [0.4, 0.5) is 0 Å². The molecule has 0 bridgehead atoms. The van der Waals surface area contributed by atoms with Crippen molar-refractivity contribution in [2.75, 3.05) is 0 Å². The minimum Gasteiger partial charge on any atom is -0.481 e. The molecule has 0 aliphatic rings. The van der Waals surface area contributed by atoms with Crippen LogP contribution < -0.4 is 5.76 Å². The highest BCUT2D eigenvalue weighted by atomic mass is 16.4. The Bertz CT molecular complexity index is 621. The molecule has 1 heterocycles. The van der Waals surface area contributed by atoms with Crippen LogP contribution in [-0.4, -0.2) is 16.1 Å². The summed E-state index contributed by atoms with van der Waals surface area (Å²) in [5.41, 5.74) is 1.08. The summed E-state index contributed by atoms with van der Waals surface area (Å²) in [4.78, 5) is 24.5. The van der Waals surface area contributed by atoms with Crippen molar-refractivity contribution < 1.29 is 14.3 Å². The fourth-order valence-corrected chi connectivity index (χ4v) is 1.70. The lowest BCUT2D eigenvalue weighted by Crippen LogP contribution is -2.26. The number of carboxylic acid groups (broad SMARTS) is 1. The van der Waals surface area contributed by atoms with Crippen LogP contribution in [0.25, 0.3) is 11.1 Å². The zero-order valence-corrected chi connectivity index (χ0v) is 9.61. The molecule has 2 rings (SSSR count). The molecule has 5 heteroatoms. The highest BCUT2D eigenvalue weighted by molar-refractivity contribution is 5.75. The number of nitrogens with one attached hydrogen (secondary N) is 1. The maximum Gasteiger partial charge on any atom is 0.417 e. The van der Waals surface area contributed by atoms with E-state index in [4.69, 9.17) is 9.52 Å². The molecule has 2 aromatic rings. The standard InChI is InChI=1S/C12H13NO4/c1-12(2,10(14)15)6-7-3-4-9-8(5-7)13-11(16)17-9/h3-5H,6H2,1-2H3,(H,13,16)(H,14,15). The van der Waals surface area contributed by atoms with Crippen LogP contribution in [0, 0.1) is 5.41 Å². The van der Waals surface area contributed by atoms with Crippen LogP contribution in [0.2, 0.25) is 0 Å². The first-order valence-corrected chi connectivity index (χ1v) is 5.24. The second kappa shape index (κ2) is 3.76. The summed E-state index contributed by atoms with van der Waals surface area (Å²) < 4.78 is 4.87. The first-order valence-electron chi connectivity index (χ1n) is 5.24. The highest BCUT2D eigenvalue weighted by Gasteiger charge is 2.27. The molecule has 0 saturated heterocycles. The average molecular weight is 235 g/mol. The fourth-order valence-electron chi connectivity index (χ4n) is 1.70. The molecule has 90 valence electrons. The number of H-pyrrole nitrogens is 1. The van der Waals surface area contributed by atoms with Gasteiger partial charge in [-0.1, -0.05) is 6.07 Å². The van der Waals surface area contributed by atoms with E-state index in [-0.39, 0.29) is 0 Å². The third-order valence-electron chi connectivity index (χ3n) is 2.71. The molecule has 0 unspecified atom stereocenters. The monoisotopic (exact) mass is 235 g/mol. The van der Waals surface area contributed by atoms with Crippen molar-refractivity contribution in [2.24, 2.45) is 5.41 Å². The molecule has 0 atom stereocenters. The number of hydrogen-bond donors (Lipinski definition) is 2. The Kier molecular flexibility index (Phi) is 2.53. The van der Waals surface area contributed by atoms with Gasteiger partial charge in [0.25, 0.3) is 0 Å². The van der Waals surface area contributed by atoms with Crippen LogP contribution in [0.5, 0.6) is 0 Å². The van der Waals surface area contributed by atoms with Crippen molar-refractivity contribution in [3.63, 3.8) is 0 Å². The highest BCUT2D eigenvalue weighted by Crippen LogP contribution is 2.23. The second-order valence-corrected chi connectivity index (χ2v) is 4.71. The second-order valence-electron chi connectivity index (χ2n) is 4.71. The van der Waals surface area contributed by atoms with Crippen LogP contribution in [0.3, 0.4) is 0 Å². The normalized spacial score (nSPS) is 11.9. The van der Waals surface area contributed by atoms with E-state index in [0.717, 1.165) is 5.56 Å². The quantitative estimate of drug-likeness (QED) is 0.849. The van der Waals surface area contributed by atoms with Crippen molar-refractivity contribution in [3.05, 3.63) is 34.3 Å². The maximum absolute atomic E-state index is 11.0. The molecule has 0 aliphatic heterocycles. The third kappa shape index (κ3) is 2.22. The van der Waals surface area contributed by atoms with Gasteiger partial charge in [0.05, 0.1) is 10.9 Å². The van der Waals surface area contributed by atoms with E-state index < -0.39 is 17.1 Å². The Morgan fingerprint density at radius 2 is 2.18 bits per heavy atom. The summed E-state index contributed by atoms with van der Waals surface area (Å²) in [7, 11) is 0. The summed E-state index contributed by atoms with van der Waals surface area (Å²) in [5.74, 6) is -1.35. The van der Waals surface area contributed by atoms with Gasteiger partial charge >= 0.3 is 11.7 Å². The molecular weight excluding hydrogens is 222 g/mol. The smallest absolute Gasteiger partial charge is 0.417 e. The summed E-state index contributed by atoms with van der Waals surface area (Å²) in [6, 6.07) is 5.18. The molecule has 2 N–H and O–H groups in total. The van der Waals surface area contributed by atoms with Gasteiger partial charge in [0.2, 0.25) is 0 Å². The van der Waals surface area contributed by atoms with Crippen LogP contribution >= 0.6 is 0 Å². The lowest BCUT2D eigenvalue weighted by atomic mass is 9.86. The van der Waals surface area contributed by atoms with Gasteiger partial charge in [-0.25, -0.2) is 4.79 Å². The summed E-state index contributed by atoms with van der Waals surface area (Å²) in [5, 5.41) is 9.04. The van der Waals surface area contributed by atoms with Crippen LogP contribution in [0.15, 0.2) is 27.4 Å². The summed E-state index contributed by atoms with van der Waals surface area (Å²) >= 11 is 0. The van der Waals surface area contributed by atoms with E-state index in [1.165, 1.54) is 0 Å². The van der Waals surface area contributed by atoms with Gasteiger partial charge in [-0.15, -0.1) is 0 Å². The minimum atomic E-state index is -0.849. The van der Waals surface area contributed by atoms with E-state index in [2.05, 4.69) is 4.98 Å². The summed E-state index contributed by atoms with van der Waals surface area (Å²) in [6.07, 6.45) is 0.394. The maximum atomic E-state index is 11.0. The number of aromatic nitrogens is 1. The van der Waals surface area contributed by atoms with Gasteiger partial charge in [0.15, 0.2) is 5.58 Å². The zero-order chi connectivity index (χ0) is 12.6. The molecule has 1 aromatic heterocycles. The van der Waals surface area contributed by atoms with Gasteiger partial charge in [-0.3, -0.25) is 9.78 Å². The number of carbonyl (C=O) groups is 1. The van der Waals surface area contributed by atoms with Crippen molar-refractivity contribution in [1.29, 1.82) is 0 Å². The van der Waals surface area contributed by atoms with Gasteiger partial charge in [0.1, 0.15) is 0 Å². The SMILES string of the molecule is CC(C)(Cc1ccc2oc(=O)[nH]c2c1)C(=O)O. The van der Waals surface area contributed by atoms with Crippen LogP contribution in [-0.2, 0) is 11.2 Å². The molecule has 0 radical (unpaired) electrons. The molecule has 0 amide bonds. The number of hydrogen-bond acceptors (Lipinski definition) is 3. The number of carboxylic acids is 1. The lowest BCUT2D eigenvalue weighted by molar-refractivity contribution is -0.146. The van der Waals surface area contributed by atoms with Crippen LogP contribution in [0.1, 0.15) is 19.4 Å². The lowest BCUT2D eigenvalue weighted by Gasteiger charge is -2.18. The molecule has 1 aromatic carbocycles. The van der Waals surface area contributed by atoms with E-state index in [1.807, 2.05) is 0 Å². The molecule has 0 spiro atoms. The van der Waals surface area contributed by atoms with E-state index in [9.17, 15) is 9.59 Å². The molecule has 5 nitrogen and oxygen atoms in total. The fraction of sp³-hybridized carbons (Fsp3) is 0.333. The van der Waals surface area contributed by atoms with Gasteiger partial charge in [-0.2, -0.15) is 0 Å². The molecule has 0 aliphatic carbocycles. The van der Waals surface area contributed by atoms with E-state index in [1.54, 1.807) is 32.0 Å². The first-order chi connectivity index (χ1) is 7.88. The average Bonchev–Trinajstić information content (AvgIpc) is 2.56. The van der Waals surface area contributed by atoms with Gasteiger partial charge < -0.3 is 9.52 Å². The largest absolute Gasteiger partial charge is 0.481 e. The Balaban J connectivity index is 2.37. The van der Waals surface area contributed by atoms with Crippen molar-refractivity contribution in [3.8, 4) is 0 Å². The Hall–Kier alpha value is -2.04. The van der Waals surface area contributed by atoms with Crippen molar-refractivity contribution >= 4 is 17.1 Å². The number of oxazole rings is 1. The van der Waals surface area contributed by atoms with Gasteiger partial charge in [-0.05, 0) is 38.0 Å². The minimum absolute atomic E-state index is 0.394. The molecule has 0 saturated carbocycles. The summed E-state index contributed by atoms with van der Waals surface area (Å²) in [6.45, 7) is 3.33. The predicted molar refractivity (Wildman–Crippen MR) is 62.0 cm³/mol. The Morgan fingerprint density at radius 3 is 2.82 bits per heavy atom. The molecular formula is C12H13NO4. The predicted octanol–water partition coefficient (Wildman–Crippen LogP) is 1.77. The van der Waals surface area contributed by atoms with E-state index in [0.29, 0.717) is 17.5 Å². The zero-order valence-electron chi connectivity index (χ0n) is 9.61. The van der Waals surface area contributed by atoms with Crippen molar-refractivity contribution in [1.82, 2.24) is 4.98 Å². The van der Waals surface area contributed by atoms with Gasteiger partial charge in [0, 0.05) is 0 Å². The number of aromatic amines is 1. The number of aliphatic carboxylic acids is 1. The number of fused-ring (bicyclic) bond motifs is 1. The Labute approximate surface area is 97.1 Å². The number of rotatable bonds is 3. The Morgan fingerprint density at radius 1 is 1.47 bits per heavy atom. The number of benzene rings is 1. The van der Waals surface area contributed by atoms with E-state index >= 15 is 0 Å². The molecule has 0 fully saturated rings. The van der Waals surface area contributed by atoms with Crippen molar-refractivity contribution in [2.45, 2.75) is 20.3 Å².